The second-order valence-electron chi connectivity index (χ2n) is 5.53. The highest BCUT2D eigenvalue weighted by Crippen LogP contribution is 2.42. The Kier molecular flexibility index (Phi) is 4.58. The molecule has 0 saturated heterocycles. The van der Waals surface area contributed by atoms with Crippen LogP contribution in [-0.2, 0) is 0 Å². The lowest BCUT2D eigenvalue weighted by Crippen LogP contribution is -2.27. The summed E-state index contributed by atoms with van der Waals surface area (Å²) in [6.07, 6.45) is 2.05. The molecule has 2 unspecified atom stereocenters. The number of rotatable bonds is 7. The molecule has 0 aliphatic heterocycles. The molecule has 1 aliphatic rings. The van der Waals surface area contributed by atoms with E-state index in [-0.39, 0.29) is 0 Å². The van der Waals surface area contributed by atoms with Crippen LogP contribution in [0.4, 0.5) is 0 Å². The van der Waals surface area contributed by atoms with Crippen LogP contribution in [0.2, 0.25) is 0 Å². The lowest BCUT2D eigenvalue weighted by molar-refractivity contribution is 0.168. The van der Waals surface area contributed by atoms with Gasteiger partial charge in [0.1, 0.15) is 5.75 Å². The fraction of sp³-hybridized carbons (Fsp3) is 0.412. The molecule has 21 heavy (non-hydrogen) atoms. The van der Waals surface area contributed by atoms with Crippen molar-refractivity contribution in [1.82, 2.24) is 5.32 Å². The number of methoxy groups -OCH3 is 1. The van der Waals surface area contributed by atoms with Crippen LogP contribution in [0.15, 0.2) is 41.8 Å². The number of nitrogens with one attached hydrogen (secondary N) is 1. The summed E-state index contributed by atoms with van der Waals surface area (Å²) in [5.74, 6) is 1.50. The van der Waals surface area contributed by atoms with Gasteiger partial charge in [0, 0.05) is 17.5 Å². The fourth-order valence-corrected chi connectivity index (χ4v) is 3.50. The highest BCUT2D eigenvalue weighted by Gasteiger charge is 2.32. The topological polar surface area (TPSA) is 41.5 Å². The predicted molar refractivity (Wildman–Crippen MR) is 85.7 cm³/mol. The van der Waals surface area contributed by atoms with Gasteiger partial charge < -0.3 is 15.2 Å². The molecule has 2 atom stereocenters. The molecule has 1 aromatic carbocycles. The molecule has 2 aromatic rings. The third kappa shape index (κ3) is 3.64. The largest absolute Gasteiger partial charge is 0.497 e. The zero-order chi connectivity index (χ0) is 14.7. The van der Waals surface area contributed by atoms with Gasteiger partial charge >= 0.3 is 0 Å². The van der Waals surface area contributed by atoms with Crippen LogP contribution in [0, 0.1) is 5.92 Å². The zero-order valence-corrected chi connectivity index (χ0v) is 13.0. The molecule has 1 saturated carbocycles. The van der Waals surface area contributed by atoms with Crippen LogP contribution in [0.5, 0.6) is 5.75 Å². The minimum atomic E-state index is -0.513. The standard InChI is InChI=1S/C17H21NO2S/c1-20-14-5-2-4-13(10-14)15(19)11-18-17(12-7-8-12)16-6-3-9-21-16/h2-6,9-10,12,15,17-19H,7-8,11H2,1H3. The van der Waals surface area contributed by atoms with E-state index in [4.69, 9.17) is 4.74 Å². The van der Waals surface area contributed by atoms with Gasteiger partial charge in [-0.05, 0) is 47.9 Å². The van der Waals surface area contributed by atoms with Gasteiger partial charge in [-0.2, -0.15) is 0 Å². The first kappa shape index (κ1) is 14.6. The monoisotopic (exact) mass is 303 g/mol. The number of aliphatic hydroxyl groups is 1. The molecule has 1 aliphatic carbocycles. The first-order chi connectivity index (χ1) is 10.3. The second kappa shape index (κ2) is 6.60. The van der Waals surface area contributed by atoms with Crippen molar-refractivity contribution in [2.45, 2.75) is 25.0 Å². The maximum absolute atomic E-state index is 10.4. The summed E-state index contributed by atoms with van der Waals surface area (Å²) in [5, 5.41) is 16.0. The quantitative estimate of drug-likeness (QED) is 0.822. The van der Waals surface area contributed by atoms with E-state index in [1.807, 2.05) is 24.3 Å². The molecule has 3 nitrogen and oxygen atoms in total. The maximum atomic E-state index is 10.4. The molecule has 0 spiro atoms. The maximum Gasteiger partial charge on any atom is 0.119 e. The van der Waals surface area contributed by atoms with Crippen molar-refractivity contribution in [1.29, 1.82) is 0 Å². The summed E-state index contributed by atoms with van der Waals surface area (Å²) >= 11 is 1.79. The smallest absolute Gasteiger partial charge is 0.119 e. The number of hydrogen-bond acceptors (Lipinski definition) is 4. The Balaban J connectivity index is 1.62. The van der Waals surface area contributed by atoms with E-state index in [1.54, 1.807) is 18.4 Å². The summed E-state index contributed by atoms with van der Waals surface area (Å²) in [4.78, 5) is 1.37. The summed E-state index contributed by atoms with van der Waals surface area (Å²) in [6, 6.07) is 12.3. The van der Waals surface area contributed by atoms with Gasteiger partial charge in [0.05, 0.1) is 13.2 Å². The first-order valence-corrected chi connectivity index (χ1v) is 8.24. The average molecular weight is 303 g/mol. The van der Waals surface area contributed by atoms with Crippen molar-refractivity contribution in [3.05, 3.63) is 52.2 Å². The van der Waals surface area contributed by atoms with Crippen molar-refractivity contribution >= 4 is 11.3 Å². The van der Waals surface area contributed by atoms with E-state index in [1.165, 1.54) is 17.7 Å². The summed E-state index contributed by atoms with van der Waals surface area (Å²) in [6.45, 7) is 0.562. The minimum absolute atomic E-state index is 0.380. The highest BCUT2D eigenvalue weighted by molar-refractivity contribution is 7.10. The number of hydrogen-bond donors (Lipinski definition) is 2. The van der Waals surface area contributed by atoms with Crippen molar-refractivity contribution in [3.63, 3.8) is 0 Å². The highest BCUT2D eigenvalue weighted by atomic mass is 32.1. The third-order valence-electron chi connectivity index (χ3n) is 3.95. The second-order valence-corrected chi connectivity index (χ2v) is 6.51. The van der Waals surface area contributed by atoms with Crippen LogP contribution in [0.1, 0.15) is 35.4 Å². The normalized spacial score (nSPS) is 17.4. The Bertz CT molecular complexity index is 566. The van der Waals surface area contributed by atoms with E-state index in [0.29, 0.717) is 12.6 Å². The Morgan fingerprint density at radius 1 is 1.33 bits per heavy atom. The molecule has 0 bridgehead atoms. The van der Waals surface area contributed by atoms with Gasteiger partial charge in [-0.1, -0.05) is 18.2 Å². The molecular formula is C17H21NO2S. The molecule has 3 rings (SSSR count). The van der Waals surface area contributed by atoms with Crippen LogP contribution in [-0.4, -0.2) is 18.8 Å². The van der Waals surface area contributed by atoms with Gasteiger partial charge in [-0.3, -0.25) is 0 Å². The van der Waals surface area contributed by atoms with E-state index in [0.717, 1.165) is 17.2 Å². The van der Waals surface area contributed by atoms with E-state index in [9.17, 15) is 5.11 Å². The Hall–Kier alpha value is -1.36. The third-order valence-corrected chi connectivity index (χ3v) is 4.91. The minimum Gasteiger partial charge on any atom is -0.497 e. The molecule has 0 radical (unpaired) electrons. The number of aliphatic hydroxyl groups excluding tert-OH is 1. The first-order valence-electron chi connectivity index (χ1n) is 7.36. The molecule has 2 N–H and O–H groups in total. The number of ether oxygens (including phenoxy) is 1. The predicted octanol–water partition coefficient (Wildman–Crippen LogP) is 3.53. The Morgan fingerprint density at radius 2 is 2.19 bits per heavy atom. The van der Waals surface area contributed by atoms with E-state index in [2.05, 4.69) is 22.8 Å². The molecule has 1 heterocycles. The average Bonchev–Trinajstić information content (AvgIpc) is 3.21. The molecule has 4 heteroatoms. The summed E-state index contributed by atoms with van der Waals surface area (Å²) < 4.78 is 5.21. The van der Waals surface area contributed by atoms with Crippen LogP contribution < -0.4 is 10.1 Å². The van der Waals surface area contributed by atoms with Crippen molar-refractivity contribution < 1.29 is 9.84 Å². The number of benzene rings is 1. The molecule has 112 valence electrons. The van der Waals surface area contributed by atoms with E-state index < -0.39 is 6.10 Å². The van der Waals surface area contributed by atoms with Crippen LogP contribution >= 0.6 is 11.3 Å². The van der Waals surface area contributed by atoms with Gasteiger partial charge in [0.2, 0.25) is 0 Å². The van der Waals surface area contributed by atoms with E-state index >= 15 is 0 Å². The lowest BCUT2D eigenvalue weighted by atomic mass is 10.1. The van der Waals surface area contributed by atoms with Crippen molar-refractivity contribution in [2.75, 3.05) is 13.7 Å². The lowest BCUT2D eigenvalue weighted by Gasteiger charge is -2.20. The van der Waals surface area contributed by atoms with Crippen molar-refractivity contribution in [2.24, 2.45) is 5.92 Å². The van der Waals surface area contributed by atoms with Crippen LogP contribution in [0.3, 0.4) is 0 Å². The molecule has 1 aromatic heterocycles. The molecular weight excluding hydrogens is 282 g/mol. The number of thiophene rings is 1. The Labute approximate surface area is 129 Å². The fourth-order valence-electron chi connectivity index (χ4n) is 2.60. The SMILES string of the molecule is COc1cccc(C(O)CNC(c2cccs2)C2CC2)c1. The van der Waals surface area contributed by atoms with Crippen molar-refractivity contribution in [3.8, 4) is 5.75 Å². The van der Waals surface area contributed by atoms with Gasteiger partial charge in [-0.25, -0.2) is 0 Å². The van der Waals surface area contributed by atoms with Gasteiger partial charge in [0.25, 0.3) is 0 Å². The van der Waals surface area contributed by atoms with Gasteiger partial charge in [0.15, 0.2) is 0 Å². The Morgan fingerprint density at radius 3 is 2.86 bits per heavy atom. The zero-order valence-electron chi connectivity index (χ0n) is 12.2. The molecule has 0 amide bonds. The van der Waals surface area contributed by atoms with Gasteiger partial charge in [-0.15, -0.1) is 11.3 Å². The summed E-state index contributed by atoms with van der Waals surface area (Å²) in [7, 11) is 1.64. The summed E-state index contributed by atoms with van der Waals surface area (Å²) in [5.41, 5.74) is 0.891. The molecule has 1 fully saturated rings. The van der Waals surface area contributed by atoms with Crippen LogP contribution in [0.25, 0.3) is 0 Å².